The van der Waals surface area contributed by atoms with Crippen molar-refractivity contribution in [2.45, 2.75) is 25.3 Å². The predicted octanol–water partition coefficient (Wildman–Crippen LogP) is 4.12. The van der Waals surface area contributed by atoms with Gasteiger partial charge in [0.2, 0.25) is 6.08 Å². The number of isocyanates is 1. The fraction of sp³-hybridized carbons (Fsp3) is 0.364. The van der Waals surface area contributed by atoms with E-state index in [0.717, 1.165) is 6.08 Å². The maximum Gasteiger partial charge on any atom is 0.416 e. The lowest BCUT2D eigenvalue weighted by Crippen LogP contribution is -2.12. The van der Waals surface area contributed by atoms with Crippen molar-refractivity contribution in [2.75, 3.05) is 0 Å². The molecule has 0 saturated carbocycles. The summed E-state index contributed by atoms with van der Waals surface area (Å²) in [6.07, 6.45) is -8.74. The van der Waals surface area contributed by atoms with E-state index in [9.17, 15) is 31.1 Å². The Labute approximate surface area is 103 Å². The summed E-state index contributed by atoms with van der Waals surface area (Å²) in [5.74, 6) is 0. The Kier molecular flexibility index (Phi) is 4.05. The zero-order chi connectivity index (χ0) is 14.8. The van der Waals surface area contributed by atoms with Crippen LogP contribution in [0.5, 0.6) is 0 Å². The largest absolute Gasteiger partial charge is 0.416 e. The molecule has 1 aromatic carbocycles. The first-order valence-corrected chi connectivity index (χ1v) is 4.92. The maximum absolute atomic E-state index is 12.5. The van der Waals surface area contributed by atoms with E-state index < -0.39 is 29.5 Å². The molecule has 0 radical (unpaired) electrons. The van der Waals surface area contributed by atoms with Crippen LogP contribution in [0.25, 0.3) is 0 Å². The molecule has 8 heteroatoms. The lowest BCUT2D eigenvalue weighted by Gasteiger charge is -2.15. The fourth-order valence-electron chi connectivity index (χ4n) is 1.37. The van der Waals surface area contributed by atoms with Crippen LogP contribution in [0.15, 0.2) is 23.2 Å². The van der Waals surface area contributed by atoms with Crippen LogP contribution < -0.4 is 0 Å². The van der Waals surface area contributed by atoms with Crippen molar-refractivity contribution >= 4 is 6.08 Å². The molecule has 0 aliphatic rings. The number of aliphatic imine (C=N–C) groups is 1. The van der Waals surface area contributed by atoms with Gasteiger partial charge in [0.25, 0.3) is 0 Å². The van der Waals surface area contributed by atoms with Gasteiger partial charge < -0.3 is 0 Å². The van der Waals surface area contributed by atoms with Crippen LogP contribution in [0.3, 0.4) is 0 Å². The smallest absolute Gasteiger partial charge is 0.211 e. The Bertz CT molecular complexity index is 481. The van der Waals surface area contributed by atoms with E-state index in [1.165, 1.54) is 6.92 Å². The van der Waals surface area contributed by atoms with Crippen molar-refractivity contribution in [2.24, 2.45) is 4.99 Å². The molecule has 1 atom stereocenters. The minimum absolute atomic E-state index is 0.0147. The number of hydrogen-bond donors (Lipinski definition) is 0. The van der Waals surface area contributed by atoms with E-state index in [4.69, 9.17) is 0 Å². The number of nitrogens with zero attached hydrogens (tertiary/aromatic N) is 1. The normalized spacial score (nSPS) is 13.8. The van der Waals surface area contributed by atoms with Crippen LogP contribution in [0.2, 0.25) is 0 Å². The quantitative estimate of drug-likeness (QED) is 0.456. The Balaban J connectivity index is 3.45. The highest BCUT2D eigenvalue weighted by Crippen LogP contribution is 2.37. The highest BCUT2D eigenvalue weighted by atomic mass is 19.4. The highest BCUT2D eigenvalue weighted by Gasteiger charge is 2.37. The number of alkyl halides is 6. The summed E-state index contributed by atoms with van der Waals surface area (Å²) < 4.78 is 75.1. The van der Waals surface area contributed by atoms with Gasteiger partial charge >= 0.3 is 12.4 Å². The van der Waals surface area contributed by atoms with Gasteiger partial charge in [0, 0.05) is 0 Å². The first kappa shape index (κ1) is 15.2. The van der Waals surface area contributed by atoms with Gasteiger partial charge in [-0.2, -0.15) is 31.3 Å². The van der Waals surface area contributed by atoms with Gasteiger partial charge in [0.05, 0.1) is 17.2 Å². The third-order valence-electron chi connectivity index (χ3n) is 2.34. The topological polar surface area (TPSA) is 29.4 Å². The molecule has 1 rings (SSSR count). The first-order chi connectivity index (χ1) is 8.55. The van der Waals surface area contributed by atoms with Crippen LogP contribution >= 0.6 is 0 Å². The summed E-state index contributed by atoms with van der Waals surface area (Å²) >= 11 is 0. The second-order valence-corrected chi connectivity index (χ2v) is 3.74. The second kappa shape index (κ2) is 5.05. The molecule has 1 aromatic rings. The molecule has 0 aliphatic carbocycles. The van der Waals surface area contributed by atoms with E-state index in [1.54, 1.807) is 0 Å². The average Bonchev–Trinajstić information content (AvgIpc) is 2.26. The van der Waals surface area contributed by atoms with Crippen molar-refractivity contribution in [1.29, 1.82) is 0 Å². The summed E-state index contributed by atoms with van der Waals surface area (Å²) in [6, 6.07) is -0.0663. The third-order valence-corrected chi connectivity index (χ3v) is 2.34. The zero-order valence-electron chi connectivity index (χ0n) is 9.43. The standard InChI is InChI=1S/C11H7F6NO/c1-6(18-5-19)7-2-8(10(12,13)14)4-9(3-7)11(15,16)17/h2-4,6H,1H3. The molecule has 0 amide bonds. The molecular formula is C11H7F6NO. The number of benzene rings is 1. The van der Waals surface area contributed by atoms with Crippen molar-refractivity contribution < 1.29 is 31.1 Å². The molecule has 2 nitrogen and oxygen atoms in total. The van der Waals surface area contributed by atoms with E-state index in [-0.39, 0.29) is 11.6 Å². The molecule has 19 heavy (non-hydrogen) atoms. The SMILES string of the molecule is CC(N=C=O)c1cc(C(F)(F)F)cc(C(F)(F)F)c1. The van der Waals surface area contributed by atoms with Gasteiger partial charge in [-0.15, -0.1) is 0 Å². The van der Waals surface area contributed by atoms with E-state index in [2.05, 4.69) is 4.99 Å². The van der Waals surface area contributed by atoms with Crippen LogP contribution in [0, 0.1) is 0 Å². The lowest BCUT2D eigenvalue weighted by atomic mass is 10.0. The van der Waals surface area contributed by atoms with Gasteiger partial charge in [-0.3, -0.25) is 0 Å². The zero-order valence-corrected chi connectivity index (χ0v) is 9.43. The molecule has 0 aromatic heterocycles. The van der Waals surface area contributed by atoms with Crippen molar-refractivity contribution in [3.63, 3.8) is 0 Å². The van der Waals surface area contributed by atoms with Crippen LogP contribution in [0.1, 0.15) is 29.7 Å². The van der Waals surface area contributed by atoms with Crippen LogP contribution in [-0.2, 0) is 17.1 Å². The molecular weight excluding hydrogens is 276 g/mol. The second-order valence-electron chi connectivity index (χ2n) is 3.74. The highest BCUT2D eigenvalue weighted by molar-refractivity contribution is 5.38. The minimum atomic E-state index is -4.92. The Morgan fingerprint density at radius 2 is 1.42 bits per heavy atom. The number of halogens is 6. The summed E-state index contributed by atoms with van der Waals surface area (Å²) in [7, 11) is 0. The molecule has 0 N–H and O–H groups in total. The van der Waals surface area contributed by atoms with Crippen molar-refractivity contribution in [3.8, 4) is 0 Å². The Morgan fingerprint density at radius 1 is 1.00 bits per heavy atom. The van der Waals surface area contributed by atoms with Crippen molar-refractivity contribution in [3.05, 3.63) is 34.9 Å². The fourth-order valence-corrected chi connectivity index (χ4v) is 1.37. The molecule has 0 spiro atoms. The van der Waals surface area contributed by atoms with E-state index >= 15 is 0 Å². The van der Waals surface area contributed by atoms with Gasteiger partial charge in [-0.1, -0.05) is 0 Å². The first-order valence-electron chi connectivity index (χ1n) is 4.92. The molecule has 0 saturated heterocycles. The Hall–Kier alpha value is -1.82. The molecule has 1 unspecified atom stereocenters. The lowest BCUT2D eigenvalue weighted by molar-refractivity contribution is -0.143. The minimum Gasteiger partial charge on any atom is -0.211 e. The Morgan fingerprint density at radius 3 is 1.74 bits per heavy atom. The predicted molar refractivity (Wildman–Crippen MR) is 53.0 cm³/mol. The molecule has 0 fully saturated rings. The van der Waals surface area contributed by atoms with Crippen LogP contribution in [-0.4, -0.2) is 6.08 Å². The number of carbonyl (C=O) groups excluding carboxylic acids is 1. The maximum atomic E-state index is 12.5. The number of rotatable bonds is 2. The summed E-state index contributed by atoms with van der Waals surface area (Å²) in [4.78, 5) is 13.1. The molecule has 104 valence electrons. The molecule has 0 heterocycles. The van der Waals surface area contributed by atoms with Gasteiger partial charge in [-0.25, -0.2) is 4.79 Å². The van der Waals surface area contributed by atoms with Gasteiger partial charge in [-0.05, 0) is 30.7 Å². The summed E-state index contributed by atoms with van der Waals surface area (Å²) in [5.41, 5.74) is -3.24. The monoisotopic (exact) mass is 283 g/mol. The summed E-state index contributed by atoms with van der Waals surface area (Å²) in [5, 5.41) is 0. The van der Waals surface area contributed by atoms with Crippen LogP contribution in [0.4, 0.5) is 26.3 Å². The van der Waals surface area contributed by atoms with Gasteiger partial charge in [0.1, 0.15) is 0 Å². The molecule has 0 aliphatic heterocycles. The van der Waals surface area contributed by atoms with Crippen molar-refractivity contribution in [1.82, 2.24) is 0 Å². The number of hydrogen-bond acceptors (Lipinski definition) is 2. The molecule has 0 bridgehead atoms. The van der Waals surface area contributed by atoms with Gasteiger partial charge in [0.15, 0.2) is 0 Å². The van der Waals surface area contributed by atoms with E-state index in [1.807, 2.05) is 0 Å². The average molecular weight is 283 g/mol. The summed E-state index contributed by atoms with van der Waals surface area (Å²) in [6.45, 7) is 1.19. The van der Waals surface area contributed by atoms with E-state index in [0.29, 0.717) is 12.1 Å². The third kappa shape index (κ3) is 3.82.